The molecule has 0 unspecified atom stereocenters. The van der Waals surface area contributed by atoms with Gasteiger partial charge in [0.2, 0.25) is 5.78 Å². The molecule has 0 aromatic heterocycles. The highest BCUT2D eigenvalue weighted by molar-refractivity contribution is 6.07. The molecular weight excluding hydrogens is 233 g/mol. The number of carbonyl (C=O) groups excluding carboxylic acids is 2. The highest BCUT2D eigenvalue weighted by atomic mass is 19.4. The number of allylic oxidation sites excluding steroid dienone is 1. The van der Waals surface area contributed by atoms with E-state index in [1.54, 1.807) is 30.3 Å². The molecule has 0 saturated carbocycles. The van der Waals surface area contributed by atoms with Gasteiger partial charge in [0.1, 0.15) is 0 Å². The van der Waals surface area contributed by atoms with Crippen molar-refractivity contribution in [3.63, 3.8) is 0 Å². The van der Waals surface area contributed by atoms with E-state index in [0.717, 1.165) is 6.08 Å². The van der Waals surface area contributed by atoms with Crippen LogP contribution in [0.1, 0.15) is 12.0 Å². The van der Waals surface area contributed by atoms with E-state index in [9.17, 15) is 22.8 Å². The molecule has 1 aromatic rings. The number of ketones is 2. The SMILES string of the molecule is O=C(C=Cc1ccccc1)CC(=O)C(F)(F)F. The largest absolute Gasteiger partial charge is 0.450 e. The van der Waals surface area contributed by atoms with E-state index in [0.29, 0.717) is 5.56 Å². The summed E-state index contributed by atoms with van der Waals surface area (Å²) in [5, 5.41) is 0. The number of hydrogen-bond acceptors (Lipinski definition) is 2. The molecule has 0 aliphatic heterocycles. The summed E-state index contributed by atoms with van der Waals surface area (Å²) in [6, 6.07) is 8.60. The third-order valence-corrected chi connectivity index (χ3v) is 1.91. The van der Waals surface area contributed by atoms with E-state index in [1.165, 1.54) is 6.08 Å². The molecule has 0 radical (unpaired) electrons. The molecular formula is C12H9F3O2. The van der Waals surface area contributed by atoms with E-state index in [4.69, 9.17) is 0 Å². The van der Waals surface area contributed by atoms with Crippen LogP contribution in [0.3, 0.4) is 0 Å². The summed E-state index contributed by atoms with van der Waals surface area (Å²) in [5.74, 6) is -2.89. The first-order valence-corrected chi connectivity index (χ1v) is 4.75. The third-order valence-electron chi connectivity index (χ3n) is 1.91. The molecule has 1 aromatic carbocycles. The van der Waals surface area contributed by atoms with Crippen LogP contribution in [0.15, 0.2) is 36.4 Å². The average molecular weight is 242 g/mol. The Morgan fingerprint density at radius 3 is 2.24 bits per heavy atom. The number of carbonyl (C=O) groups is 2. The van der Waals surface area contributed by atoms with Crippen molar-refractivity contribution in [2.45, 2.75) is 12.6 Å². The number of halogens is 3. The van der Waals surface area contributed by atoms with Crippen LogP contribution in [-0.2, 0) is 9.59 Å². The van der Waals surface area contributed by atoms with Gasteiger partial charge in [0, 0.05) is 0 Å². The summed E-state index contributed by atoms with van der Waals surface area (Å²) >= 11 is 0. The number of rotatable bonds is 4. The van der Waals surface area contributed by atoms with Gasteiger partial charge in [-0.25, -0.2) is 0 Å². The quantitative estimate of drug-likeness (QED) is 0.601. The fourth-order valence-corrected chi connectivity index (χ4v) is 1.07. The molecule has 0 saturated heterocycles. The van der Waals surface area contributed by atoms with E-state index in [2.05, 4.69) is 0 Å². The third kappa shape index (κ3) is 4.63. The molecule has 0 aliphatic rings. The van der Waals surface area contributed by atoms with Crippen molar-refractivity contribution in [2.24, 2.45) is 0 Å². The Labute approximate surface area is 95.8 Å². The summed E-state index contributed by atoms with van der Waals surface area (Å²) in [6.07, 6.45) is -3.76. The maximum atomic E-state index is 11.8. The monoisotopic (exact) mass is 242 g/mol. The van der Waals surface area contributed by atoms with Crippen molar-refractivity contribution in [3.8, 4) is 0 Å². The van der Waals surface area contributed by atoms with Crippen molar-refractivity contribution in [2.75, 3.05) is 0 Å². The Balaban J connectivity index is 2.57. The minimum absolute atomic E-state index is 0.681. The Bertz CT molecular complexity index is 433. The lowest BCUT2D eigenvalue weighted by Gasteiger charge is -2.01. The smallest absolute Gasteiger partial charge is 0.294 e. The standard InChI is InChI=1S/C12H9F3O2/c13-12(14,15)11(17)8-10(16)7-6-9-4-2-1-3-5-9/h1-7H,8H2. The summed E-state index contributed by atoms with van der Waals surface area (Å²) in [4.78, 5) is 21.6. The van der Waals surface area contributed by atoms with Crippen LogP contribution in [0.5, 0.6) is 0 Å². The molecule has 0 spiro atoms. The van der Waals surface area contributed by atoms with Gasteiger partial charge in [-0.15, -0.1) is 0 Å². The molecule has 0 heterocycles. The van der Waals surface area contributed by atoms with Gasteiger partial charge >= 0.3 is 6.18 Å². The predicted octanol–water partition coefficient (Wildman–Crippen LogP) is 2.79. The normalized spacial score (nSPS) is 11.7. The fraction of sp³-hybridized carbons (Fsp3) is 0.167. The van der Waals surface area contributed by atoms with Crippen LogP contribution in [-0.4, -0.2) is 17.7 Å². The molecule has 0 atom stereocenters. The van der Waals surface area contributed by atoms with Gasteiger partial charge in [-0.05, 0) is 11.6 Å². The van der Waals surface area contributed by atoms with Gasteiger partial charge in [-0.1, -0.05) is 36.4 Å². The van der Waals surface area contributed by atoms with Gasteiger partial charge in [0.25, 0.3) is 0 Å². The van der Waals surface area contributed by atoms with E-state index < -0.39 is 24.2 Å². The molecule has 0 amide bonds. The second-order valence-electron chi connectivity index (χ2n) is 3.31. The lowest BCUT2D eigenvalue weighted by molar-refractivity contribution is -0.171. The Morgan fingerprint density at radius 2 is 1.71 bits per heavy atom. The van der Waals surface area contributed by atoms with Gasteiger partial charge in [-0.2, -0.15) is 13.2 Å². The van der Waals surface area contributed by atoms with E-state index >= 15 is 0 Å². The van der Waals surface area contributed by atoms with Crippen LogP contribution < -0.4 is 0 Å². The number of benzene rings is 1. The zero-order valence-corrected chi connectivity index (χ0v) is 8.70. The van der Waals surface area contributed by atoms with Gasteiger partial charge in [0.05, 0.1) is 6.42 Å². The van der Waals surface area contributed by atoms with Gasteiger partial charge in [-0.3, -0.25) is 9.59 Å². The minimum Gasteiger partial charge on any atom is -0.294 e. The predicted molar refractivity (Wildman–Crippen MR) is 56.2 cm³/mol. The highest BCUT2D eigenvalue weighted by Crippen LogP contribution is 2.18. The summed E-state index contributed by atoms with van der Waals surface area (Å²) in [7, 11) is 0. The molecule has 17 heavy (non-hydrogen) atoms. The maximum Gasteiger partial charge on any atom is 0.450 e. The zero-order chi connectivity index (χ0) is 12.9. The Morgan fingerprint density at radius 1 is 1.12 bits per heavy atom. The molecule has 0 aliphatic carbocycles. The number of alkyl halides is 3. The van der Waals surface area contributed by atoms with Crippen molar-refractivity contribution < 1.29 is 22.8 Å². The minimum atomic E-state index is -4.95. The van der Waals surface area contributed by atoms with Crippen LogP contribution in [0.25, 0.3) is 6.08 Å². The van der Waals surface area contributed by atoms with Gasteiger partial charge < -0.3 is 0 Å². The topological polar surface area (TPSA) is 34.1 Å². The van der Waals surface area contributed by atoms with Crippen LogP contribution in [0.4, 0.5) is 13.2 Å². The molecule has 1 rings (SSSR count). The summed E-state index contributed by atoms with van der Waals surface area (Å²) < 4.78 is 35.5. The molecule has 5 heteroatoms. The highest BCUT2D eigenvalue weighted by Gasteiger charge is 2.38. The average Bonchev–Trinajstić information content (AvgIpc) is 2.26. The van der Waals surface area contributed by atoms with Gasteiger partial charge in [0.15, 0.2) is 5.78 Å². The molecule has 2 nitrogen and oxygen atoms in total. The van der Waals surface area contributed by atoms with E-state index in [-0.39, 0.29) is 0 Å². The van der Waals surface area contributed by atoms with Crippen LogP contribution in [0, 0.1) is 0 Å². The number of Topliss-reactive ketones (excluding diaryl/α,β-unsaturated/α-hetero) is 1. The first-order valence-electron chi connectivity index (χ1n) is 4.75. The second kappa shape index (κ2) is 5.43. The van der Waals surface area contributed by atoms with E-state index in [1.807, 2.05) is 0 Å². The van der Waals surface area contributed by atoms with Crippen molar-refractivity contribution in [3.05, 3.63) is 42.0 Å². The lowest BCUT2D eigenvalue weighted by atomic mass is 10.1. The maximum absolute atomic E-state index is 11.8. The van der Waals surface area contributed by atoms with Crippen molar-refractivity contribution in [1.82, 2.24) is 0 Å². The Kier molecular flexibility index (Phi) is 4.20. The lowest BCUT2D eigenvalue weighted by Crippen LogP contribution is -2.24. The van der Waals surface area contributed by atoms with Crippen LogP contribution in [0.2, 0.25) is 0 Å². The first-order chi connectivity index (χ1) is 7.89. The molecule has 0 N–H and O–H groups in total. The molecule has 0 bridgehead atoms. The summed E-state index contributed by atoms with van der Waals surface area (Å²) in [6.45, 7) is 0. The zero-order valence-electron chi connectivity index (χ0n) is 8.70. The number of hydrogen-bond donors (Lipinski definition) is 0. The van der Waals surface area contributed by atoms with Crippen LogP contribution >= 0.6 is 0 Å². The first kappa shape index (κ1) is 13.2. The Hall–Kier alpha value is -1.91. The molecule has 0 fully saturated rings. The fourth-order valence-electron chi connectivity index (χ4n) is 1.07. The second-order valence-corrected chi connectivity index (χ2v) is 3.31. The summed E-state index contributed by atoms with van der Waals surface area (Å²) in [5.41, 5.74) is 0.681. The molecule has 90 valence electrons. The van der Waals surface area contributed by atoms with Crippen molar-refractivity contribution >= 4 is 17.6 Å². The van der Waals surface area contributed by atoms with Crippen molar-refractivity contribution in [1.29, 1.82) is 0 Å².